The van der Waals surface area contributed by atoms with Crippen LogP contribution in [-0.2, 0) is 25.6 Å². The predicted octanol–water partition coefficient (Wildman–Crippen LogP) is 1.45. The largest absolute Gasteiger partial charge is 0.480 e. The Hall–Kier alpha value is -2.94. The number of nitrogens with two attached hydrogens (primary N) is 1. The van der Waals surface area contributed by atoms with E-state index in [0.29, 0.717) is 6.42 Å². The minimum absolute atomic E-state index is 0.0640. The fourth-order valence-electron chi connectivity index (χ4n) is 3.49. The van der Waals surface area contributed by atoms with Crippen LogP contribution in [0.2, 0.25) is 0 Å². The maximum absolute atomic E-state index is 13.1. The maximum atomic E-state index is 13.1. The summed E-state index contributed by atoms with van der Waals surface area (Å²) in [5.74, 6) is -3.21. The van der Waals surface area contributed by atoms with E-state index in [1.54, 1.807) is 27.7 Å². The summed E-state index contributed by atoms with van der Waals surface area (Å²) in [4.78, 5) is 50.1. The first-order valence-electron chi connectivity index (χ1n) is 11.8. The normalized spacial score (nSPS) is 14.9. The fourth-order valence-corrected chi connectivity index (χ4v) is 3.49. The number of benzene rings is 1. The third-order valence-electron chi connectivity index (χ3n) is 5.45. The van der Waals surface area contributed by atoms with Crippen LogP contribution in [0.3, 0.4) is 0 Å². The first-order valence-corrected chi connectivity index (χ1v) is 11.8. The van der Waals surface area contributed by atoms with Crippen molar-refractivity contribution >= 4 is 23.7 Å². The summed E-state index contributed by atoms with van der Waals surface area (Å²) in [6.45, 7) is 10.8. The summed E-state index contributed by atoms with van der Waals surface area (Å²) in [5.41, 5.74) is 6.96. The zero-order valence-corrected chi connectivity index (χ0v) is 21.0. The van der Waals surface area contributed by atoms with Gasteiger partial charge in [0.05, 0.1) is 6.04 Å². The first-order chi connectivity index (χ1) is 15.8. The zero-order chi connectivity index (χ0) is 26.0. The second-order valence-corrected chi connectivity index (χ2v) is 9.79. The molecule has 4 unspecified atom stereocenters. The van der Waals surface area contributed by atoms with Crippen LogP contribution in [0.4, 0.5) is 0 Å². The molecule has 190 valence electrons. The van der Waals surface area contributed by atoms with Gasteiger partial charge in [0.15, 0.2) is 0 Å². The fraction of sp³-hybridized carbons (Fsp3) is 0.600. The molecule has 0 aliphatic carbocycles. The van der Waals surface area contributed by atoms with E-state index in [1.807, 2.05) is 44.2 Å². The number of carbonyl (C=O) groups excluding carboxylic acids is 3. The molecule has 0 fully saturated rings. The van der Waals surface area contributed by atoms with E-state index in [0.717, 1.165) is 5.56 Å². The number of carboxylic acids is 1. The molecule has 1 aromatic carbocycles. The molecule has 0 bridgehead atoms. The molecule has 0 heterocycles. The summed E-state index contributed by atoms with van der Waals surface area (Å²) in [6.07, 6.45) is 0.590. The van der Waals surface area contributed by atoms with Crippen molar-refractivity contribution < 1.29 is 24.3 Å². The van der Waals surface area contributed by atoms with Gasteiger partial charge in [0.2, 0.25) is 17.7 Å². The number of hydrogen-bond acceptors (Lipinski definition) is 5. The number of hydrogen-bond donors (Lipinski definition) is 5. The van der Waals surface area contributed by atoms with Gasteiger partial charge in [-0.3, -0.25) is 14.4 Å². The highest BCUT2D eigenvalue weighted by Crippen LogP contribution is 2.10. The van der Waals surface area contributed by atoms with Crippen molar-refractivity contribution in [2.24, 2.45) is 23.5 Å². The SMILES string of the molecule is CC(C)CC(NC(=O)C(NC(=O)C(NC(=O)C(N)Cc1ccccc1)C(C)C)C(C)C)C(=O)O. The second kappa shape index (κ2) is 13.7. The van der Waals surface area contributed by atoms with E-state index in [1.165, 1.54) is 0 Å². The summed E-state index contributed by atoms with van der Waals surface area (Å²) < 4.78 is 0. The lowest BCUT2D eigenvalue weighted by Crippen LogP contribution is -2.59. The van der Waals surface area contributed by atoms with Gasteiger partial charge in [0, 0.05) is 0 Å². The van der Waals surface area contributed by atoms with Gasteiger partial charge in [-0.25, -0.2) is 4.79 Å². The molecule has 3 amide bonds. The summed E-state index contributed by atoms with van der Waals surface area (Å²) >= 11 is 0. The lowest BCUT2D eigenvalue weighted by Gasteiger charge is -2.28. The van der Waals surface area contributed by atoms with Gasteiger partial charge < -0.3 is 26.8 Å². The molecule has 0 saturated heterocycles. The van der Waals surface area contributed by atoms with E-state index < -0.39 is 47.9 Å². The van der Waals surface area contributed by atoms with E-state index in [-0.39, 0.29) is 24.2 Å². The number of rotatable bonds is 13. The quantitative estimate of drug-likeness (QED) is 0.291. The Labute approximate surface area is 202 Å². The van der Waals surface area contributed by atoms with Gasteiger partial charge in [-0.1, -0.05) is 71.9 Å². The predicted molar refractivity (Wildman–Crippen MR) is 131 cm³/mol. The number of amides is 3. The molecule has 6 N–H and O–H groups in total. The van der Waals surface area contributed by atoms with Crippen molar-refractivity contribution in [1.29, 1.82) is 0 Å². The van der Waals surface area contributed by atoms with E-state index >= 15 is 0 Å². The van der Waals surface area contributed by atoms with Crippen molar-refractivity contribution in [1.82, 2.24) is 16.0 Å². The first kappa shape index (κ1) is 29.1. The Morgan fingerprint density at radius 1 is 0.794 bits per heavy atom. The second-order valence-electron chi connectivity index (χ2n) is 9.79. The average Bonchev–Trinajstić information content (AvgIpc) is 2.74. The lowest BCUT2D eigenvalue weighted by molar-refractivity contribution is -0.143. The van der Waals surface area contributed by atoms with Crippen LogP contribution < -0.4 is 21.7 Å². The zero-order valence-electron chi connectivity index (χ0n) is 21.0. The van der Waals surface area contributed by atoms with Crippen LogP contribution in [0.25, 0.3) is 0 Å². The minimum atomic E-state index is -1.13. The van der Waals surface area contributed by atoms with Gasteiger partial charge >= 0.3 is 5.97 Å². The molecule has 9 heteroatoms. The van der Waals surface area contributed by atoms with Crippen LogP contribution >= 0.6 is 0 Å². The van der Waals surface area contributed by atoms with E-state index in [9.17, 15) is 24.3 Å². The Bertz CT molecular complexity index is 826. The number of carboxylic acid groups (broad SMARTS) is 1. The molecule has 0 aliphatic heterocycles. The molecule has 1 aromatic rings. The van der Waals surface area contributed by atoms with E-state index in [4.69, 9.17) is 5.73 Å². The Morgan fingerprint density at radius 2 is 1.26 bits per heavy atom. The monoisotopic (exact) mass is 476 g/mol. The molecular formula is C25H40N4O5. The Kier molecular flexibility index (Phi) is 11.7. The van der Waals surface area contributed by atoms with Crippen LogP contribution in [0.15, 0.2) is 30.3 Å². The maximum Gasteiger partial charge on any atom is 0.326 e. The van der Waals surface area contributed by atoms with Crippen molar-refractivity contribution in [3.8, 4) is 0 Å². The highest BCUT2D eigenvalue weighted by atomic mass is 16.4. The van der Waals surface area contributed by atoms with Crippen molar-refractivity contribution in [3.05, 3.63) is 35.9 Å². The molecule has 4 atom stereocenters. The third kappa shape index (κ3) is 9.51. The summed E-state index contributed by atoms with van der Waals surface area (Å²) in [7, 11) is 0. The third-order valence-corrected chi connectivity index (χ3v) is 5.45. The van der Waals surface area contributed by atoms with E-state index in [2.05, 4.69) is 16.0 Å². The number of nitrogens with one attached hydrogen (secondary N) is 3. The smallest absolute Gasteiger partial charge is 0.326 e. The Morgan fingerprint density at radius 3 is 1.71 bits per heavy atom. The minimum Gasteiger partial charge on any atom is -0.480 e. The standard InChI is InChI=1S/C25H40N4O5/c1-14(2)12-19(25(33)34)27-23(31)20(15(3)4)29-24(32)21(16(5)6)28-22(30)18(26)13-17-10-8-7-9-11-17/h7-11,14-16,18-21H,12-13,26H2,1-6H3,(H,27,31)(H,28,30)(H,29,32)(H,33,34). The molecule has 9 nitrogen and oxygen atoms in total. The van der Waals surface area contributed by atoms with Gasteiger partial charge in [-0.15, -0.1) is 0 Å². The Balaban J connectivity index is 2.88. The molecule has 0 aromatic heterocycles. The summed E-state index contributed by atoms with van der Waals surface area (Å²) in [5, 5.41) is 17.4. The number of carbonyl (C=O) groups is 4. The molecular weight excluding hydrogens is 436 g/mol. The van der Waals surface area contributed by atoms with Gasteiger partial charge in [0.1, 0.15) is 18.1 Å². The molecule has 34 heavy (non-hydrogen) atoms. The average molecular weight is 477 g/mol. The van der Waals surface area contributed by atoms with Crippen LogP contribution in [0, 0.1) is 17.8 Å². The lowest BCUT2D eigenvalue weighted by atomic mass is 9.98. The summed E-state index contributed by atoms with van der Waals surface area (Å²) in [6, 6.07) is 5.57. The van der Waals surface area contributed by atoms with Crippen LogP contribution in [-0.4, -0.2) is 53.0 Å². The highest BCUT2D eigenvalue weighted by Gasteiger charge is 2.33. The van der Waals surface area contributed by atoms with Gasteiger partial charge in [-0.2, -0.15) is 0 Å². The topological polar surface area (TPSA) is 151 Å². The van der Waals surface area contributed by atoms with Crippen LogP contribution in [0.1, 0.15) is 53.5 Å². The molecule has 0 aliphatic rings. The highest BCUT2D eigenvalue weighted by molar-refractivity contribution is 5.94. The van der Waals surface area contributed by atoms with Gasteiger partial charge in [0.25, 0.3) is 0 Å². The molecule has 0 saturated carbocycles. The van der Waals surface area contributed by atoms with Crippen molar-refractivity contribution in [3.63, 3.8) is 0 Å². The number of aliphatic carboxylic acids is 1. The molecule has 0 radical (unpaired) electrons. The van der Waals surface area contributed by atoms with Crippen molar-refractivity contribution in [2.75, 3.05) is 0 Å². The molecule has 0 spiro atoms. The van der Waals surface area contributed by atoms with Crippen LogP contribution in [0.5, 0.6) is 0 Å². The van der Waals surface area contributed by atoms with Gasteiger partial charge in [-0.05, 0) is 36.2 Å². The molecule has 1 rings (SSSR count). The van der Waals surface area contributed by atoms with Crippen molar-refractivity contribution in [2.45, 2.75) is 78.6 Å².